The van der Waals surface area contributed by atoms with Crippen LogP contribution < -0.4 is 0 Å². The lowest BCUT2D eigenvalue weighted by atomic mass is 9.75. The lowest BCUT2D eigenvalue weighted by Gasteiger charge is -2.31. The smallest absolute Gasteiger partial charge is 0.309 e. The van der Waals surface area contributed by atoms with Crippen molar-refractivity contribution in [1.29, 1.82) is 0 Å². The molecule has 3 nitrogen and oxygen atoms in total. The Labute approximate surface area is 91.8 Å². The highest BCUT2D eigenvalue weighted by atomic mass is 16.5. The van der Waals surface area contributed by atoms with Crippen LogP contribution in [0.5, 0.6) is 0 Å². The predicted molar refractivity (Wildman–Crippen MR) is 58.8 cm³/mol. The quantitative estimate of drug-likeness (QED) is 0.765. The zero-order valence-electron chi connectivity index (χ0n) is 9.79. The molecule has 1 saturated heterocycles. The lowest BCUT2D eigenvalue weighted by molar-refractivity contribution is -0.150. The van der Waals surface area contributed by atoms with Crippen molar-refractivity contribution in [3.05, 3.63) is 0 Å². The van der Waals surface area contributed by atoms with Crippen LogP contribution in [0.1, 0.15) is 46.0 Å². The second kappa shape index (κ2) is 5.50. The van der Waals surface area contributed by atoms with Gasteiger partial charge in [-0.05, 0) is 38.5 Å². The first-order chi connectivity index (χ1) is 7.08. The maximum Gasteiger partial charge on any atom is 0.309 e. The van der Waals surface area contributed by atoms with Gasteiger partial charge in [-0.2, -0.15) is 0 Å². The van der Waals surface area contributed by atoms with E-state index in [1.165, 1.54) is 0 Å². The molecule has 0 aromatic carbocycles. The summed E-state index contributed by atoms with van der Waals surface area (Å²) in [5.74, 6) is -0.109. The van der Waals surface area contributed by atoms with Crippen molar-refractivity contribution >= 4 is 5.97 Å². The van der Waals surface area contributed by atoms with Gasteiger partial charge in [0.1, 0.15) is 0 Å². The van der Waals surface area contributed by atoms with Crippen molar-refractivity contribution in [2.45, 2.75) is 46.0 Å². The Morgan fingerprint density at radius 3 is 2.53 bits per heavy atom. The Hall–Kier alpha value is -0.570. The monoisotopic (exact) mass is 214 g/mol. The fraction of sp³-hybridized carbons (Fsp3) is 0.917. The maximum absolute atomic E-state index is 11.3. The molecule has 15 heavy (non-hydrogen) atoms. The largest absolute Gasteiger partial charge is 0.481 e. The molecule has 0 aliphatic carbocycles. The summed E-state index contributed by atoms with van der Waals surface area (Å²) in [4.78, 5) is 11.3. The molecule has 0 spiro atoms. The average Bonchev–Trinajstić information content (AvgIpc) is 2.19. The highest BCUT2D eigenvalue weighted by molar-refractivity contribution is 5.74. The van der Waals surface area contributed by atoms with E-state index < -0.39 is 11.4 Å². The second-order valence-corrected chi connectivity index (χ2v) is 4.88. The molecular weight excluding hydrogens is 192 g/mol. The van der Waals surface area contributed by atoms with Crippen molar-refractivity contribution in [2.75, 3.05) is 13.2 Å². The number of hydrogen-bond acceptors (Lipinski definition) is 2. The van der Waals surface area contributed by atoms with Gasteiger partial charge >= 0.3 is 5.97 Å². The Bertz CT molecular complexity index is 209. The molecule has 1 heterocycles. The first-order valence-corrected chi connectivity index (χ1v) is 5.89. The highest BCUT2D eigenvalue weighted by Gasteiger charge is 2.35. The summed E-state index contributed by atoms with van der Waals surface area (Å²) in [6, 6.07) is 0. The van der Waals surface area contributed by atoms with Gasteiger partial charge in [0.2, 0.25) is 0 Å². The number of ether oxygens (including phenoxy) is 1. The van der Waals surface area contributed by atoms with E-state index in [0.29, 0.717) is 5.92 Å². The molecule has 3 heteroatoms. The van der Waals surface area contributed by atoms with Gasteiger partial charge in [0.25, 0.3) is 0 Å². The molecule has 1 fully saturated rings. The summed E-state index contributed by atoms with van der Waals surface area (Å²) in [7, 11) is 0. The number of carboxylic acids is 1. The molecule has 0 bridgehead atoms. The zero-order chi connectivity index (χ0) is 11.3. The van der Waals surface area contributed by atoms with E-state index in [-0.39, 0.29) is 0 Å². The molecule has 1 atom stereocenters. The van der Waals surface area contributed by atoms with Gasteiger partial charge in [0, 0.05) is 13.2 Å². The second-order valence-electron chi connectivity index (χ2n) is 4.88. The van der Waals surface area contributed by atoms with E-state index in [9.17, 15) is 9.90 Å². The van der Waals surface area contributed by atoms with Gasteiger partial charge in [-0.25, -0.2) is 0 Å². The molecular formula is C12H22O3. The van der Waals surface area contributed by atoms with Crippen LogP contribution >= 0.6 is 0 Å². The maximum atomic E-state index is 11.3. The van der Waals surface area contributed by atoms with E-state index in [4.69, 9.17) is 4.74 Å². The van der Waals surface area contributed by atoms with Gasteiger partial charge in [0.05, 0.1) is 5.41 Å². The topological polar surface area (TPSA) is 46.5 Å². The van der Waals surface area contributed by atoms with Crippen molar-refractivity contribution in [1.82, 2.24) is 0 Å². The van der Waals surface area contributed by atoms with E-state index in [2.05, 4.69) is 0 Å². The van der Waals surface area contributed by atoms with Crippen molar-refractivity contribution in [2.24, 2.45) is 11.3 Å². The molecule has 0 aromatic rings. The molecule has 1 N–H and O–H groups in total. The van der Waals surface area contributed by atoms with Crippen LogP contribution in [-0.2, 0) is 9.53 Å². The van der Waals surface area contributed by atoms with Crippen LogP contribution in [0.4, 0.5) is 0 Å². The minimum Gasteiger partial charge on any atom is -0.481 e. The third-order valence-electron chi connectivity index (χ3n) is 3.40. The first kappa shape index (κ1) is 12.5. The Morgan fingerprint density at radius 2 is 2.07 bits per heavy atom. The van der Waals surface area contributed by atoms with Crippen LogP contribution in [-0.4, -0.2) is 24.3 Å². The number of rotatable bonds is 5. The van der Waals surface area contributed by atoms with Gasteiger partial charge in [-0.15, -0.1) is 0 Å². The zero-order valence-corrected chi connectivity index (χ0v) is 9.79. The van der Waals surface area contributed by atoms with E-state index in [1.807, 2.05) is 13.8 Å². The van der Waals surface area contributed by atoms with Gasteiger partial charge in [0.15, 0.2) is 0 Å². The third-order valence-corrected chi connectivity index (χ3v) is 3.40. The molecule has 1 aliphatic heterocycles. The van der Waals surface area contributed by atoms with Crippen molar-refractivity contribution in [3.63, 3.8) is 0 Å². The average molecular weight is 214 g/mol. The number of carboxylic acid groups (broad SMARTS) is 1. The minimum absolute atomic E-state index is 0.531. The van der Waals surface area contributed by atoms with Gasteiger partial charge < -0.3 is 9.84 Å². The first-order valence-electron chi connectivity index (χ1n) is 5.89. The molecule has 1 rings (SSSR count). The fourth-order valence-electron chi connectivity index (χ4n) is 2.44. The highest BCUT2D eigenvalue weighted by Crippen LogP contribution is 2.35. The summed E-state index contributed by atoms with van der Waals surface area (Å²) in [5, 5.41) is 9.26. The number of carbonyl (C=O) groups is 1. The number of aliphatic carboxylic acids is 1. The van der Waals surface area contributed by atoms with Gasteiger partial charge in [-0.3, -0.25) is 4.79 Å². The molecule has 0 amide bonds. The van der Waals surface area contributed by atoms with Gasteiger partial charge in [-0.1, -0.05) is 13.3 Å². The third kappa shape index (κ3) is 3.49. The standard InChI is InChI=1S/C12H22O3/c1-3-6-12(2,11(13)14)9-10-4-7-15-8-5-10/h10H,3-9H2,1-2H3,(H,13,14). The Morgan fingerprint density at radius 1 is 1.47 bits per heavy atom. The van der Waals surface area contributed by atoms with Crippen molar-refractivity contribution < 1.29 is 14.6 Å². The van der Waals surface area contributed by atoms with E-state index in [1.54, 1.807) is 0 Å². The molecule has 0 radical (unpaired) electrons. The minimum atomic E-state index is -0.643. The van der Waals surface area contributed by atoms with Crippen molar-refractivity contribution in [3.8, 4) is 0 Å². The SMILES string of the molecule is CCCC(C)(CC1CCOCC1)C(=O)O. The number of hydrogen-bond donors (Lipinski definition) is 1. The summed E-state index contributed by atoms with van der Waals surface area (Å²) < 4.78 is 5.29. The molecule has 0 saturated carbocycles. The molecule has 0 aromatic heterocycles. The van der Waals surface area contributed by atoms with Crippen LogP contribution in [0.25, 0.3) is 0 Å². The summed E-state index contributed by atoms with van der Waals surface area (Å²) >= 11 is 0. The van der Waals surface area contributed by atoms with Crippen LogP contribution in [0, 0.1) is 11.3 Å². The normalized spacial score (nSPS) is 22.3. The molecule has 1 aliphatic rings. The summed E-state index contributed by atoms with van der Waals surface area (Å²) in [6.45, 7) is 5.53. The Balaban J connectivity index is 2.52. The van der Waals surface area contributed by atoms with E-state index >= 15 is 0 Å². The molecule has 1 unspecified atom stereocenters. The fourth-order valence-corrected chi connectivity index (χ4v) is 2.44. The van der Waals surface area contributed by atoms with E-state index in [0.717, 1.165) is 45.3 Å². The Kier molecular flexibility index (Phi) is 4.58. The van der Waals surface area contributed by atoms with Crippen LogP contribution in [0.2, 0.25) is 0 Å². The summed E-state index contributed by atoms with van der Waals surface area (Å²) in [6.07, 6.45) is 4.56. The predicted octanol–water partition coefficient (Wildman–Crippen LogP) is 2.69. The van der Waals surface area contributed by atoms with Crippen LogP contribution in [0.3, 0.4) is 0 Å². The summed E-state index contributed by atoms with van der Waals surface area (Å²) in [5.41, 5.74) is -0.531. The van der Waals surface area contributed by atoms with Crippen LogP contribution in [0.15, 0.2) is 0 Å². The molecule has 88 valence electrons. The lowest BCUT2D eigenvalue weighted by Crippen LogP contribution is -2.32.